The fourth-order valence-electron chi connectivity index (χ4n) is 1.01. The van der Waals surface area contributed by atoms with Gasteiger partial charge < -0.3 is 5.43 Å². The van der Waals surface area contributed by atoms with Gasteiger partial charge in [0.25, 0.3) is 0 Å². The van der Waals surface area contributed by atoms with Crippen molar-refractivity contribution in [3.8, 4) is 0 Å². The van der Waals surface area contributed by atoms with E-state index in [1.165, 1.54) is 6.07 Å². The maximum atomic E-state index is 13.2. The van der Waals surface area contributed by atoms with Crippen LogP contribution in [0.1, 0.15) is 25.0 Å². The van der Waals surface area contributed by atoms with E-state index < -0.39 is 0 Å². The summed E-state index contributed by atoms with van der Waals surface area (Å²) < 4.78 is 13.2. The molecule has 0 fully saturated rings. The van der Waals surface area contributed by atoms with Gasteiger partial charge in [-0.2, -0.15) is 5.10 Å². The molecule has 0 radical (unpaired) electrons. The van der Waals surface area contributed by atoms with E-state index in [0.29, 0.717) is 11.1 Å². The smallest absolute Gasteiger partial charge is 0.126 e. The van der Waals surface area contributed by atoms with Crippen LogP contribution in [0.15, 0.2) is 29.9 Å². The third-order valence-electron chi connectivity index (χ3n) is 1.89. The van der Waals surface area contributed by atoms with Gasteiger partial charge in [0, 0.05) is 7.05 Å². The lowest BCUT2D eigenvalue weighted by Crippen LogP contribution is -1.95. The van der Waals surface area contributed by atoms with E-state index in [-0.39, 0.29) is 5.82 Å². The van der Waals surface area contributed by atoms with E-state index in [1.54, 1.807) is 26.3 Å². The molecule has 16 heavy (non-hydrogen) atoms. The number of benzene rings is 1. The second-order valence-corrected chi connectivity index (χ2v) is 2.97. The number of hydrogen-bond acceptors (Lipinski definition) is 2. The SMILES string of the molecule is C=C(/C=N\NC)c1ccc(C)c(F)c1.CC. The predicted octanol–water partition coefficient (Wildman–Crippen LogP) is 3.38. The van der Waals surface area contributed by atoms with E-state index in [1.807, 2.05) is 19.9 Å². The van der Waals surface area contributed by atoms with Crippen molar-refractivity contribution < 1.29 is 4.39 Å². The van der Waals surface area contributed by atoms with Gasteiger partial charge in [-0.15, -0.1) is 0 Å². The Balaban J connectivity index is 0.00000106. The van der Waals surface area contributed by atoms with Crippen LogP contribution in [0, 0.1) is 12.7 Å². The first kappa shape index (κ1) is 14.4. The summed E-state index contributed by atoms with van der Waals surface area (Å²) in [5.74, 6) is -0.221. The van der Waals surface area contributed by atoms with Crippen molar-refractivity contribution in [2.45, 2.75) is 20.8 Å². The second-order valence-electron chi connectivity index (χ2n) is 2.97. The molecule has 0 aliphatic heterocycles. The van der Waals surface area contributed by atoms with Crippen molar-refractivity contribution >= 4 is 11.8 Å². The van der Waals surface area contributed by atoms with Gasteiger partial charge in [0.1, 0.15) is 5.82 Å². The molecule has 0 heterocycles. The summed E-state index contributed by atoms with van der Waals surface area (Å²) in [5, 5.41) is 3.80. The molecule has 88 valence electrons. The number of nitrogens with one attached hydrogen (secondary N) is 1. The Hall–Kier alpha value is -1.64. The molecule has 0 aromatic heterocycles. The van der Waals surface area contributed by atoms with E-state index in [0.717, 1.165) is 5.56 Å². The van der Waals surface area contributed by atoms with Crippen molar-refractivity contribution in [1.29, 1.82) is 0 Å². The van der Waals surface area contributed by atoms with Gasteiger partial charge in [0.15, 0.2) is 0 Å². The highest BCUT2D eigenvalue weighted by Gasteiger charge is 2.00. The number of allylic oxidation sites excluding steroid dienone is 1. The molecule has 0 amide bonds. The minimum absolute atomic E-state index is 0.221. The standard InChI is InChI=1S/C11H13FN2.C2H6/c1-8-4-5-10(6-11(8)12)9(2)7-14-13-3;1-2/h4-7,13H,2H2,1,3H3;1-2H3/b14-7-;. The zero-order valence-electron chi connectivity index (χ0n) is 10.3. The highest BCUT2D eigenvalue weighted by molar-refractivity contribution is 6.08. The number of rotatable bonds is 3. The second kappa shape index (κ2) is 7.63. The van der Waals surface area contributed by atoms with Gasteiger partial charge in [0.2, 0.25) is 0 Å². The quantitative estimate of drug-likeness (QED) is 0.615. The maximum absolute atomic E-state index is 13.2. The monoisotopic (exact) mass is 222 g/mol. The molecule has 0 atom stereocenters. The minimum atomic E-state index is -0.221. The van der Waals surface area contributed by atoms with Crippen LogP contribution in [0.5, 0.6) is 0 Å². The van der Waals surface area contributed by atoms with E-state index >= 15 is 0 Å². The molecular formula is C13H19FN2. The molecule has 0 aliphatic carbocycles. The largest absolute Gasteiger partial charge is 0.313 e. The highest BCUT2D eigenvalue weighted by atomic mass is 19.1. The lowest BCUT2D eigenvalue weighted by molar-refractivity contribution is 0.618. The van der Waals surface area contributed by atoms with E-state index in [4.69, 9.17) is 0 Å². The summed E-state index contributed by atoms with van der Waals surface area (Å²) in [4.78, 5) is 0. The average molecular weight is 222 g/mol. The Morgan fingerprint density at radius 2 is 2.06 bits per heavy atom. The molecule has 1 aromatic rings. The lowest BCUT2D eigenvalue weighted by Gasteiger charge is -2.01. The maximum Gasteiger partial charge on any atom is 0.126 e. The van der Waals surface area contributed by atoms with Gasteiger partial charge in [-0.25, -0.2) is 4.39 Å². The number of halogens is 1. The Kier molecular flexibility index (Phi) is 6.84. The van der Waals surface area contributed by atoms with E-state index in [2.05, 4.69) is 17.1 Å². The Labute approximate surface area is 96.9 Å². The summed E-state index contributed by atoms with van der Waals surface area (Å²) in [7, 11) is 1.69. The van der Waals surface area contributed by atoms with Gasteiger partial charge in [-0.1, -0.05) is 32.6 Å². The molecule has 2 nitrogen and oxygen atoms in total. The van der Waals surface area contributed by atoms with Crippen LogP contribution in [-0.2, 0) is 0 Å². The molecule has 0 saturated heterocycles. The molecule has 0 unspecified atom stereocenters. The van der Waals surface area contributed by atoms with Gasteiger partial charge >= 0.3 is 0 Å². The van der Waals surface area contributed by atoms with Crippen molar-refractivity contribution in [3.63, 3.8) is 0 Å². The number of nitrogens with zero attached hydrogens (tertiary/aromatic N) is 1. The first-order valence-electron chi connectivity index (χ1n) is 5.30. The van der Waals surface area contributed by atoms with Crippen LogP contribution in [0.25, 0.3) is 5.57 Å². The zero-order valence-corrected chi connectivity index (χ0v) is 10.3. The van der Waals surface area contributed by atoms with Crippen LogP contribution >= 0.6 is 0 Å². The molecule has 0 aliphatic rings. The number of aryl methyl sites for hydroxylation is 1. The number of hydrazone groups is 1. The minimum Gasteiger partial charge on any atom is -0.313 e. The Bertz CT molecular complexity index is 370. The highest BCUT2D eigenvalue weighted by Crippen LogP contribution is 2.14. The molecular weight excluding hydrogens is 203 g/mol. The third kappa shape index (κ3) is 4.26. The van der Waals surface area contributed by atoms with Crippen molar-refractivity contribution in [3.05, 3.63) is 41.7 Å². The molecule has 1 N–H and O–H groups in total. The molecule has 3 heteroatoms. The summed E-state index contributed by atoms with van der Waals surface area (Å²) in [5.41, 5.74) is 4.66. The number of hydrogen-bond donors (Lipinski definition) is 1. The summed E-state index contributed by atoms with van der Waals surface area (Å²) >= 11 is 0. The zero-order chi connectivity index (χ0) is 12.6. The third-order valence-corrected chi connectivity index (χ3v) is 1.89. The van der Waals surface area contributed by atoms with Gasteiger partial charge in [-0.3, -0.25) is 0 Å². The average Bonchev–Trinajstić information content (AvgIpc) is 2.32. The first-order chi connectivity index (χ1) is 7.65. The van der Waals surface area contributed by atoms with Gasteiger partial charge in [-0.05, 0) is 29.7 Å². The van der Waals surface area contributed by atoms with Crippen LogP contribution in [0.4, 0.5) is 4.39 Å². The van der Waals surface area contributed by atoms with Crippen molar-refractivity contribution in [2.24, 2.45) is 5.10 Å². The van der Waals surface area contributed by atoms with Gasteiger partial charge in [0.05, 0.1) is 6.21 Å². The Morgan fingerprint density at radius 1 is 1.44 bits per heavy atom. The summed E-state index contributed by atoms with van der Waals surface area (Å²) in [6, 6.07) is 5.00. The topological polar surface area (TPSA) is 24.4 Å². The Morgan fingerprint density at radius 3 is 2.56 bits per heavy atom. The molecule has 1 rings (SSSR count). The molecule has 0 spiro atoms. The van der Waals surface area contributed by atoms with E-state index in [9.17, 15) is 4.39 Å². The molecule has 1 aromatic carbocycles. The first-order valence-corrected chi connectivity index (χ1v) is 5.30. The normalized spacial score (nSPS) is 9.56. The molecule has 0 saturated carbocycles. The van der Waals surface area contributed by atoms with Crippen LogP contribution in [0.3, 0.4) is 0 Å². The predicted molar refractivity (Wildman–Crippen MR) is 69.1 cm³/mol. The van der Waals surface area contributed by atoms with Crippen LogP contribution in [0.2, 0.25) is 0 Å². The van der Waals surface area contributed by atoms with Crippen molar-refractivity contribution in [1.82, 2.24) is 5.43 Å². The van der Waals surface area contributed by atoms with Crippen molar-refractivity contribution in [2.75, 3.05) is 7.05 Å². The summed E-state index contributed by atoms with van der Waals surface area (Å²) in [6.45, 7) is 9.50. The molecule has 0 bridgehead atoms. The fourth-order valence-corrected chi connectivity index (χ4v) is 1.01. The fraction of sp³-hybridized carbons (Fsp3) is 0.308. The summed E-state index contributed by atoms with van der Waals surface area (Å²) in [6.07, 6.45) is 1.56. The lowest BCUT2D eigenvalue weighted by atomic mass is 10.1. The van der Waals surface area contributed by atoms with Crippen LogP contribution < -0.4 is 5.43 Å². The van der Waals surface area contributed by atoms with Crippen LogP contribution in [-0.4, -0.2) is 13.3 Å².